The second-order valence-electron chi connectivity index (χ2n) is 4.20. The quantitative estimate of drug-likeness (QED) is 0.694. The van der Waals surface area contributed by atoms with Crippen LogP contribution in [0.15, 0.2) is 0 Å². The van der Waals surface area contributed by atoms with E-state index in [2.05, 4.69) is 5.48 Å². The highest BCUT2D eigenvalue weighted by Gasteiger charge is 2.42. The van der Waals surface area contributed by atoms with Crippen molar-refractivity contribution in [2.75, 3.05) is 6.61 Å². The highest BCUT2D eigenvalue weighted by molar-refractivity contribution is 5.84. The van der Waals surface area contributed by atoms with Gasteiger partial charge in [0, 0.05) is 0 Å². The van der Waals surface area contributed by atoms with Gasteiger partial charge in [-0.2, -0.15) is 0 Å². The summed E-state index contributed by atoms with van der Waals surface area (Å²) in [5, 5.41) is 9.05. The van der Waals surface area contributed by atoms with Crippen molar-refractivity contribution in [3.8, 4) is 0 Å². The first-order chi connectivity index (χ1) is 7.60. The normalized spacial score (nSPS) is 29.0. The smallest absolute Gasteiger partial charge is 0.307 e. The number of rotatable bonds is 5. The molecule has 0 aromatic carbocycles. The molecule has 0 spiro atoms. The van der Waals surface area contributed by atoms with Gasteiger partial charge in [0.1, 0.15) is 0 Å². The van der Waals surface area contributed by atoms with Gasteiger partial charge in [0.05, 0.1) is 18.4 Å². The van der Waals surface area contributed by atoms with E-state index in [9.17, 15) is 9.59 Å². The number of hydroxylamine groups is 1. The highest BCUT2D eigenvalue weighted by atomic mass is 16.6. The third-order valence-corrected chi connectivity index (χ3v) is 3.21. The molecule has 0 aromatic rings. The lowest BCUT2D eigenvalue weighted by Gasteiger charge is -2.14. The molecule has 1 fully saturated rings. The fraction of sp³-hybridized carbons (Fsp3) is 0.818. The molecule has 5 nitrogen and oxygen atoms in total. The second kappa shape index (κ2) is 5.84. The zero-order chi connectivity index (χ0) is 12.1. The number of carboxylic acid groups (broad SMARTS) is 1. The first kappa shape index (κ1) is 13.0. The van der Waals surface area contributed by atoms with E-state index in [0.717, 1.165) is 6.42 Å². The van der Waals surface area contributed by atoms with Crippen molar-refractivity contribution in [1.29, 1.82) is 0 Å². The maximum absolute atomic E-state index is 11.7. The summed E-state index contributed by atoms with van der Waals surface area (Å²) < 4.78 is 0. The molecule has 16 heavy (non-hydrogen) atoms. The van der Waals surface area contributed by atoms with Crippen LogP contribution in [0.4, 0.5) is 0 Å². The molecule has 3 atom stereocenters. The van der Waals surface area contributed by atoms with Crippen molar-refractivity contribution in [2.24, 2.45) is 17.8 Å². The molecule has 0 aromatic heterocycles. The number of carboxylic acids is 1. The number of hydrogen-bond donors (Lipinski definition) is 2. The average molecular weight is 229 g/mol. The van der Waals surface area contributed by atoms with Crippen LogP contribution in [0.3, 0.4) is 0 Å². The average Bonchev–Trinajstić information content (AvgIpc) is 2.70. The molecule has 0 aliphatic heterocycles. The van der Waals surface area contributed by atoms with Gasteiger partial charge < -0.3 is 5.11 Å². The molecule has 2 N–H and O–H groups in total. The summed E-state index contributed by atoms with van der Waals surface area (Å²) in [6.07, 6.45) is 2.16. The van der Waals surface area contributed by atoms with Crippen molar-refractivity contribution in [1.82, 2.24) is 5.48 Å². The van der Waals surface area contributed by atoms with E-state index >= 15 is 0 Å². The Morgan fingerprint density at radius 3 is 2.44 bits per heavy atom. The van der Waals surface area contributed by atoms with E-state index in [1.807, 2.05) is 6.92 Å². The van der Waals surface area contributed by atoms with Gasteiger partial charge in [-0.15, -0.1) is 0 Å². The fourth-order valence-electron chi connectivity index (χ4n) is 2.26. The Hall–Kier alpha value is -1.10. The van der Waals surface area contributed by atoms with E-state index in [1.54, 1.807) is 6.92 Å². The largest absolute Gasteiger partial charge is 0.481 e. The first-order valence-electron chi connectivity index (χ1n) is 5.74. The van der Waals surface area contributed by atoms with Crippen molar-refractivity contribution < 1.29 is 19.5 Å². The van der Waals surface area contributed by atoms with Crippen LogP contribution < -0.4 is 5.48 Å². The van der Waals surface area contributed by atoms with Gasteiger partial charge in [-0.3, -0.25) is 14.4 Å². The lowest BCUT2D eigenvalue weighted by Crippen LogP contribution is -2.35. The molecule has 1 aliphatic carbocycles. The molecule has 5 heteroatoms. The Kier molecular flexibility index (Phi) is 4.73. The van der Waals surface area contributed by atoms with Crippen molar-refractivity contribution in [3.05, 3.63) is 0 Å². The Balaban J connectivity index is 2.61. The molecule has 0 saturated heterocycles. The van der Waals surface area contributed by atoms with Crippen molar-refractivity contribution in [2.45, 2.75) is 33.1 Å². The minimum atomic E-state index is -0.882. The zero-order valence-corrected chi connectivity index (χ0v) is 9.73. The van der Waals surface area contributed by atoms with E-state index in [0.29, 0.717) is 25.4 Å². The first-order valence-corrected chi connectivity index (χ1v) is 5.74. The van der Waals surface area contributed by atoms with Gasteiger partial charge >= 0.3 is 5.97 Å². The third kappa shape index (κ3) is 2.95. The van der Waals surface area contributed by atoms with E-state index < -0.39 is 17.8 Å². The summed E-state index contributed by atoms with van der Waals surface area (Å²) in [7, 11) is 0. The molecular weight excluding hydrogens is 210 g/mol. The highest BCUT2D eigenvalue weighted by Crippen LogP contribution is 2.38. The van der Waals surface area contributed by atoms with Crippen LogP contribution in [0.25, 0.3) is 0 Å². The van der Waals surface area contributed by atoms with E-state index in [-0.39, 0.29) is 5.91 Å². The van der Waals surface area contributed by atoms with Crippen LogP contribution in [-0.2, 0) is 14.4 Å². The Bertz CT molecular complexity index is 267. The summed E-state index contributed by atoms with van der Waals surface area (Å²) in [6.45, 7) is 4.16. The predicted octanol–water partition coefficient (Wildman–Crippen LogP) is 1.19. The summed E-state index contributed by atoms with van der Waals surface area (Å²) in [5.74, 6) is -1.87. The van der Waals surface area contributed by atoms with Crippen molar-refractivity contribution >= 4 is 11.9 Å². The minimum absolute atomic E-state index is 0.301. The number of hydrogen-bond acceptors (Lipinski definition) is 3. The lowest BCUT2D eigenvalue weighted by atomic mass is 9.96. The number of carbonyl (C=O) groups excluding carboxylic acids is 1. The summed E-state index contributed by atoms with van der Waals surface area (Å²) in [4.78, 5) is 27.5. The van der Waals surface area contributed by atoms with Gasteiger partial charge in [-0.25, -0.2) is 5.48 Å². The standard InChI is InChI=1S/C11H19NO4/c1-3-7-5-8(9(6-7)11(14)15)10(13)12-16-4-2/h7-9H,3-6H2,1-2H3,(H,12,13)(H,14,15)/t7?,8-,9+/m0/s1. The lowest BCUT2D eigenvalue weighted by molar-refractivity contribution is -0.149. The van der Waals surface area contributed by atoms with Crippen LogP contribution in [0.2, 0.25) is 0 Å². The predicted molar refractivity (Wildman–Crippen MR) is 57.4 cm³/mol. The van der Waals surface area contributed by atoms with Gasteiger partial charge in [-0.05, 0) is 25.7 Å². The third-order valence-electron chi connectivity index (χ3n) is 3.21. The Morgan fingerprint density at radius 2 is 1.94 bits per heavy atom. The topological polar surface area (TPSA) is 75.6 Å². The van der Waals surface area contributed by atoms with Crippen LogP contribution in [0.1, 0.15) is 33.1 Å². The zero-order valence-electron chi connectivity index (χ0n) is 9.73. The molecule has 1 unspecified atom stereocenters. The Morgan fingerprint density at radius 1 is 1.31 bits per heavy atom. The van der Waals surface area contributed by atoms with Crippen LogP contribution in [0.5, 0.6) is 0 Å². The number of aliphatic carboxylic acids is 1. The number of nitrogens with one attached hydrogen (secondary N) is 1. The van der Waals surface area contributed by atoms with E-state index in [4.69, 9.17) is 9.94 Å². The second-order valence-corrected chi connectivity index (χ2v) is 4.20. The number of amides is 1. The molecule has 0 bridgehead atoms. The van der Waals surface area contributed by atoms with E-state index in [1.165, 1.54) is 0 Å². The minimum Gasteiger partial charge on any atom is -0.481 e. The maximum Gasteiger partial charge on any atom is 0.307 e. The molecule has 1 saturated carbocycles. The van der Waals surface area contributed by atoms with Gasteiger partial charge in [0.15, 0.2) is 0 Å². The fourth-order valence-corrected chi connectivity index (χ4v) is 2.26. The van der Waals surface area contributed by atoms with Crippen LogP contribution in [-0.4, -0.2) is 23.6 Å². The van der Waals surface area contributed by atoms with Gasteiger partial charge in [-0.1, -0.05) is 13.3 Å². The van der Waals surface area contributed by atoms with Gasteiger partial charge in [0.25, 0.3) is 0 Å². The van der Waals surface area contributed by atoms with Crippen LogP contribution >= 0.6 is 0 Å². The van der Waals surface area contributed by atoms with Crippen LogP contribution in [0, 0.1) is 17.8 Å². The monoisotopic (exact) mass is 229 g/mol. The molecular formula is C11H19NO4. The number of carbonyl (C=O) groups is 2. The molecule has 1 aliphatic rings. The molecule has 0 radical (unpaired) electrons. The molecule has 1 rings (SSSR count). The molecule has 1 amide bonds. The van der Waals surface area contributed by atoms with Gasteiger partial charge in [0.2, 0.25) is 5.91 Å². The summed E-state index contributed by atoms with van der Waals surface area (Å²) >= 11 is 0. The van der Waals surface area contributed by atoms with Crippen molar-refractivity contribution in [3.63, 3.8) is 0 Å². The summed E-state index contributed by atoms with van der Waals surface area (Å²) in [5.41, 5.74) is 2.30. The Labute approximate surface area is 95.1 Å². The summed E-state index contributed by atoms with van der Waals surface area (Å²) in [6, 6.07) is 0. The molecule has 92 valence electrons. The molecule has 0 heterocycles. The SMILES string of the molecule is CCONC(=O)[C@H]1CC(CC)C[C@H]1C(=O)O. The maximum atomic E-state index is 11.7.